The SMILES string of the molecule is COc1ccccc1NC(=O)c1ccc(NC(=O)COC(=O)Cn2cnc3c2c(=O)n(C)c(=O)n3C)cc1. The van der Waals surface area contributed by atoms with E-state index in [1.54, 1.807) is 24.3 Å². The molecular weight excluding hydrogens is 496 g/mol. The van der Waals surface area contributed by atoms with Crippen LogP contribution in [0.1, 0.15) is 10.4 Å². The fourth-order valence-electron chi connectivity index (χ4n) is 3.69. The highest BCUT2D eigenvalue weighted by molar-refractivity contribution is 6.05. The van der Waals surface area contributed by atoms with Gasteiger partial charge in [-0.3, -0.25) is 28.3 Å². The normalized spacial score (nSPS) is 10.7. The number of amides is 2. The molecule has 0 radical (unpaired) electrons. The number of ether oxygens (including phenoxy) is 2. The van der Waals surface area contributed by atoms with E-state index in [-0.39, 0.29) is 23.6 Å². The summed E-state index contributed by atoms with van der Waals surface area (Å²) >= 11 is 0. The van der Waals surface area contributed by atoms with Gasteiger partial charge in [0, 0.05) is 25.3 Å². The molecule has 2 aromatic heterocycles. The molecule has 0 aliphatic rings. The minimum Gasteiger partial charge on any atom is -0.495 e. The molecular formula is C25H24N6O7. The summed E-state index contributed by atoms with van der Waals surface area (Å²) in [5, 5.41) is 5.33. The third-order valence-corrected chi connectivity index (χ3v) is 5.67. The lowest BCUT2D eigenvalue weighted by atomic mass is 10.2. The highest BCUT2D eigenvalue weighted by Crippen LogP contribution is 2.23. The van der Waals surface area contributed by atoms with E-state index < -0.39 is 29.7 Å². The summed E-state index contributed by atoms with van der Waals surface area (Å²) in [4.78, 5) is 65.6. The molecule has 0 saturated heterocycles. The largest absolute Gasteiger partial charge is 0.495 e. The summed E-state index contributed by atoms with van der Waals surface area (Å²) < 4.78 is 13.6. The Morgan fingerprint density at radius 1 is 0.947 bits per heavy atom. The van der Waals surface area contributed by atoms with Crippen molar-refractivity contribution < 1.29 is 23.9 Å². The Labute approximate surface area is 215 Å². The lowest BCUT2D eigenvalue weighted by Gasteiger charge is -2.10. The number of hydrogen-bond donors (Lipinski definition) is 2. The van der Waals surface area contributed by atoms with Gasteiger partial charge < -0.3 is 24.7 Å². The van der Waals surface area contributed by atoms with Crippen LogP contribution in [-0.4, -0.2) is 50.2 Å². The monoisotopic (exact) mass is 520 g/mol. The number of aromatic nitrogens is 4. The first-order chi connectivity index (χ1) is 18.2. The molecule has 2 N–H and O–H groups in total. The number of anilines is 2. The van der Waals surface area contributed by atoms with Crippen LogP contribution in [0.15, 0.2) is 64.4 Å². The van der Waals surface area contributed by atoms with Gasteiger partial charge in [-0.2, -0.15) is 0 Å². The van der Waals surface area contributed by atoms with Gasteiger partial charge in [0.2, 0.25) is 0 Å². The molecule has 0 unspecified atom stereocenters. The number of nitrogens with zero attached hydrogens (tertiary/aromatic N) is 4. The van der Waals surface area contributed by atoms with Crippen molar-refractivity contribution in [1.29, 1.82) is 0 Å². The Morgan fingerprint density at radius 3 is 2.37 bits per heavy atom. The topological polar surface area (TPSA) is 156 Å². The Hall–Kier alpha value is -5.20. The number of imidazole rings is 1. The molecule has 13 heteroatoms. The number of rotatable bonds is 8. The van der Waals surface area contributed by atoms with E-state index in [0.29, 0.717) is 22.7 Å². The highest BCUT2D eigenvalue weighted by atomic mass is 16.5. The van der Waals surface area contributed by atoms with Crippen LogP contribution in [0.5, 0.6) is 5.75 Å². The van der Waals surface area contributed by atoms with Gasteiger partial charge in [-0.25, -0.2) is 9.78 Å². The van der Waals surface area contributed by atoms with Crippen molar-refractivity contribution in [2.24, 2.45) is 14.1 Å². The van der Waals surface area contributed by atoms with Gasteiger partial charge >= 0.3 is 11.7 Å². The summed E-state index contributed by atoms with van der Waals surface area (Å²) in [6.07, 6.45) is 1.25. The number of aryl methyl sites for hydroxylation is 1. The molecule has 4 aromatic rings. The predicted molar refractivity (Wildman–Crippen MR) is 137 cm³/mol. The molecule has 0 atom stereocenters. The highest BCUT2D eigenvalue weighted by Gasteiger charge is 2.17. The van der Waals surface area contributed by atoms with Gasteiger partial charge in [0.15, 0.2) is 17.8 Å². The maximum atomic E-state index is 12.5. The van der Waals surface area contributed by atoms with E-state index in [0.717, 1.165) is 4.57 Å². The first-order valence-corrected chi connectivity index (χ1v) is 11.3. The molecule has 0 fully saturated rings. The van der Waals surface area contributed by atoms with Crippen molar-refractivity contribution >= 4 is 40.3 Å². The maximum Gasteiger partial charge on any atom is 0.332 e. The Kier molecular flexibility index (Phi) is 7.37. The third kappa shape index (κ3) is 5.31. The summed E-state index contributed by atoms with van der Waals surface area (Å²) in [5.41, 5.74) is 0.312. The zero-order valence-corrected chi connectivity index (χ0v) is 20.8. The number of carbonyl (C=O) groups is 3. The smallest absolute Gasteiger partial charge is 0.332 e. The molecule has 2 aromatic carbocycles. The molecule has 196 valence electrons. The second-order valence-corrected chi connectivity index (χ2v) is 8.19. The van der Waals surface area contributed by atoms with Crippen LogP contribution < -0.4 is 26.6 Å². The lowest BCUT2D eigenvalue weighted by Crippen LogP contribution is -2.37. The average Bonchev–Trinajstić information content (AvgIpc) is 3.33. The van der Waals surface area contributed by atoms with E-state index in [1.165, 1.54) is 60.9 Å². The summed E-state index contributed by atoms with van der Waals surface area (Å²) in [6, 6.07) is 13.1. The fourth-order valence-corrected chi connectivity index (χ4v) is 3.69. The molecule has 0 aliphatic carbocycles. The van der Waals surface area contributed by atoms with Gasteiger partial charge in [-0.1, -0.05) is 12.1 Å². The second kappa shape index (κ2) is 10.8. The first kappa shape index (κ1) is 25.9. The van der Waals surface area contributed by atoms with E-state index in [1.807, 2.05) is 0 Å². The molecule has 2 amide bonds. The number of esters is 1. The second-order valence-electron chi connectivity index (χ2n) is 8.19. The van der Waals surface area contributed by atoms with Gasteiger partial charge in [-0.15, -0.1) is 0 Å². The van der Waals surface area contributed by atoms with Crippen molar-refractivity contribution in [1.82, 2.24) is 18.7 Å². The van der Waals surface area contributed by atoms with Crippen LogP contribution in [0.25, 0.3) is 11.2 Å². The van der Waals surface area contributed by atoms with E-state index in [4.69, 9.17) is 9.47 Å². The first-order valence-electron chi connectivity index (χ1n) is 11.3. The van der Waals surface area contributed by atoms with Crippen LogP contribution in [0.3, 0.4) is 0 Å². The van der Waals surface area contributed by atoms with Crippen molar-refractivity contribution in [3.63, 3.8) is 0 Å². The van der Waals surface area contributed by atoms with Crippen LogP contribution in [0, 0.1) is 0 Å². The zero-order valence-electron chi connectivity index (χ0n) is 20.8. The van der Waals surface area contributed by atoms with E-state index in [2.05, 4.69) is 15.6 Å². The van der Waals surface area contributed by atoms with Crippen molar-refractivity contribution in [3.8, 4) is 5.75 Å². The van der Waals surface area contributed by atoms with Crippen LogP contribution >= 0.6 is 0 Å². The zero-order chi connectivity index (χ0) is 27.4. The predicted octanol–water partition coefficient (Wildman–Crippen LogP) is 0.877. The maximum absolute atomic E-state index is 12.5. The molecule has 2 heterocycles. The Morgan fingerprint density at radius 2 is 1.66 bits per heavy atom. The molecule has 38 heavy (non-hydrogen) atoms. The number of carbonyl (C=O) groups excluding carboxylic acids is 3. The van der Waals surface area contributed by atoms with Crippen LogP contribution in [0.2, 0.25) is 0 Å². The quantitative estimate of drug-likeness (QED) is 0.324. The van der Waals surface area contributed by atoms with Gasteiger partial charge in [0.05, 0.1) is 19.1 Å². The lowest BCUT2D eigenvalue weighted by molar-refractivity contribution is -0.147. The fraction of sp³-hybridized carbons (Fsp3) is 0.200. The number of benzene rings is 2. The summed E-state index contributed by atoms with van der Waals surface area (Å²) in [5.74, 6) is -1.21. The van der Waals surface area contributed by atoms with E-state index >= 15 is 0 Å². The molecule has 0 aliphatic heterocycles. The Balaban J connectivity index is 1.32. The third-order valence-electron chi connectivity index (χ3n) is 5.67. The van der Waals surface area contributed by atoms with Gasteiger partial charge in [0.25, 0.3) is 17.4 Å². The number of nitrogens with one attached hydrogen (secondary N) is 2. The van der Waals surface area contributed by atoms with Crippen molar-refractivity contribution in [2.45, 2.75) is 6.54 Å². The van der Waals surface area contributed by atoms with Crippen LogP contribution in [0.4, 0.5) is 11.4 Å². The van der Waals surface area contributed by atoms with Crippen molar-refractivity contribution in [2.75, 3.05) is 24.4 Å². The molecule has 13 nitrogen and oxygen atoms in total. The molecule has 0 bridgehead atoms. The van der Waals surface area contributed by atoms with Gasteiger partial charge in [0.1, 0.15) is 12.3 Å². The standard InChI is InChI=1S/C25H24N6O7/c1-29-22-21(24(35)30(2)25(29)36)31(14-26-22)12-20(33)38-13-19(32)27-16-10-8-15(9-11-16)23(34)28-17-6-4-5-7-18(17)37-3/h4-11,14H,12-13H2,1-3H3,(H,27,32)(H,28,34). The van der Waals surface area contributed by atoms with Crippen molar-refractivity contribution in [3.05, 3.63) is 81.3 Å². The molecule has 4 rings (SSSR count). The summed E-state index contributed by atoms with van der Waals surface area (Å²) in [7, 11) is 4.29. The van der Waals surface area contributed by atoms with Gasteiger partial charge in [-0.05, 0) is 36.4 Å². The average molecular weight is 521 g/mol. The van der Waals surface area contributed by atoms with Crippen LogP contribution in [-0.2, 0) is 35.0 Å². The molecule has 0 spiro atoms. The Bertz CT molecular complexity index is 1650. The minimum atomic E-state index is -0.779. The molecule has 0 saturated carbocycles. The minimum absolute atomic E-state index is 0.0610. The number of para-hydroxylation sites is 2. The number of methoxy groups -OCH3 is 1. The summed E-state index contributed by atoms with van der Waals surface area (Å²) in [6.45, 7) is -0.953. The number of fused-ring (bicyclic) bond motifs is 1. The van der Waals surface area contributed by atoms with E-state index in [9.17, 15) is 24.0 Å². The number of hydrogen-bond acceptors (Lipinski definition) is 8.